The van der Waals surface area contributed by atoms with E-state index < -0.39 is 22.3 Å². The first-order valence-corrected chi connectivity index (χ1v) is 5.72. The summed E-state index contributed by atoms with van der Waals surface area (Å²) in [7, 11) is 0. The van der Waals surface area contributed by atoms with Crippen molar-refractivity contribution in [1.29, 1.82) is 0 Å². The van der Waals surface area contributed by atoms with E-state index in [4.69, 9.17) is 11.6 Å². The van der Waals surface area contributed by atoms with E-state index in [1.54, 1.807) is 0 Å². The van der Waals surface area contributed by atoms with Gasteiger partial charge in [-0.2, -0.15) is 0 Å². The van der Waals surface area contributed by atoms with Crippen LogP contribution in [0.3, 0.4) is 0 Å². The van der Waals surface area contributed by atoms with Gasteiger partial charge in [-0.3, -0.25) is 14.9 Å². The molecule has 1 N–H and O–H groups in total. The Morgan fingerprint density at radius 1 is 1.35 bits per heavy atom. The molecule has 2 rings (SSSR count). The average Bonchev–Trinajstić information content (AvgIpc) is 2.38. The van der Waals surface area contributed by atoms with Gasteiger partial charge in [0.05, 0.1) is 11.0 Å². The summed E-state index contributed by atoms with van der Waals surface area (Å²) < 4.78 is 13.0. The molecule has 0 aliphatic heterocycles. The van der Waals surface area contributed by atoms with Crippen LogP contribution in [-0.4, -0.2) is 15.8 Å². The van der Waals surface area contributed by atoms with Gasteiger partial charge in [-0.05, 0) is 24.3 Å². The Bertz CT molecular complexity index is 693. The highest BCUT2D eigenvalue weighted by molar-refractivity contribution is 6.30. The molecule has 1 aromatic carbocycles. The van der Waals surface area contributed by atoms with Crippen LogP contribution in [0.5, 0.6) is 0 Å². The van der Waals surface area contributed by atoms with E-state index in [0.717, 1.165) is 12.1 Å². The minimum atomic E-state index is -0.830. The molecule has 0 saturated carbocycles. The standard InChI is InChI=1S/C12H7ClFN3O3/c13-7-3-4-15-11(5-7)16-12(18)9-2-1-8(14)6-10(9)17(19)20/h1-6H,(H,15,16,18). The summed E-state index contributed by atoms with van der Waals surface area (Å²) in [6.45, 7) is 0. The first-order chi connectivity index (χ1) is 9.47. The smallest absolute Gasteiger partial charge is 0.285 e. The summed E-state index contributed by atoms with van der Waals surface area (Å²) in [6, 6.07) is 5.58. The Balaban J connectivity index is 2.32. The fourth-order valence-corrected chi connectivity index (χ4v) is 1.66. The predicted molar refractivity (Wildman–Crippen MR) is 70.3 cm³/mol. The Morgan fingerprint density at radius 3 is 2.75 bits per heavy atom. The minimum absolute atomic E-state index is 0.140. The third kappa shape index (κ3) is 3.07. The number of carbonyl (C=O) groups excluding carboxylic acids is 1. The molecule has 1 amide bonds. The predicted octanol–water partition coefficient (Wildman–Crippen LogP) is 3.03. The van der Waals surface area contributed by atoms with E-state index in [0.29, 0.717) is 11.1 Å². The van der Waals surface area contributed by atoms with Gasteiger partial charge >= 0.3 is 0 Å². The molecule has 1 heterocycles. The molecule has 0 aliphatic rings. The zero-order chi connectivity index (χ0) is 14.7. The SMILES string of the molecule is O=C(Nc1cc(Cl)ccn1)c1ccc(F)cc1[N+](=O)[O-]. The fraction of sp³-hybridized carbons (Fsp3) is 0. The first-order valence-electron chi connectivity index (χ1n) is 5.34. The molecule has 8 heteroatoms. The Labute approximate surface area is 117 Å². The molecule has 0 radical (unpaired) electrons. The number of anilines is 1. The van der Waals surface area contributed by atoms with Crippen LogP contribution in [0.2, 0.25) is 5.02 Å². The quantitative estimate of drug-likeness (QED) is 0.696. The Kier molecular flexibility index (Phi) is 3.90. The lowest BCUT2D eigenvalue weighted by molar-refractivity contribution is -0.385. The number of nitrogens with one attached hydrogen (secondary N) is 1. The molecule has 1 aromatic heterocycles. The summed E-state index contributed by atoms with van der Waals surface area (Å²) >= 11 is 5.73. The number of amides is 1. The average molecular weight is 296 g/mol. The zero-order valence-corrected chi connectivity index (χ0v) is 10.6. The summed E-state index contributed by atoms with van der Waals surface area (Å²) in [5.74, 6) is -1.43. The maximum absolute atomic E-state index is 13.0. The van der Waals surface area contributed by atoms with E-state index in [9.17, 15) is 19.3 Å². The zero-order valence-electron chi connectivity index (χ0n) is 9.84. The number of nitro groups is 1. The number of hydrogen-bond donors (Lipinski definition) is 1. The van der Waals surface area contributed by atoms with Crippen LogP contribution in [0, 0.1) is 15.9 Å². The van der Waals surface area contributed by atoms with Gasteiger partial charge in [0, 0.05) is 11.2 Å². The van der Waals surface area contributed by atoms with Crippen LogP contribution < -0.4 is 5.32 Å². The lowest BCUT2D eigenvalue weighted by Crippen LogP contribution is -2.15. The third-order valence-corrected chi connectivity index (χ3v) is 2.60. The number of hydrogen-bond acceptors (Lipinski definition) is 4. The van der Waals surface area contributed by atoms with Gasteiger partial charge in [-0.15, -0.1) is 0 Å². The van der Waals surface area contributed by atoms with E-state index in [1.165, 1.54) is 18.3 Å². The highest BCUT2D eigenvalue weighted by atomic mass is 35.5. The number of nitrogens with zero attached hydrogens (tertiary/aromatic N) is 2. The second-order valence-corrected chi connectivity index (χ2v) is 4.17. The number of nitro benzene ring substituents is 1. The topological polar surface area (TPSA) is 85.1 Å². The van der Waals surface area contributed by atoms with Crippen LogP contribution in [0.1, 0.15) is 10.4 Å². The van der Waals surface area contributed by atoms with Gasteiger partial charge < -0.3 is 5.32 Å². The lowest BCUT2D eigenvalue weighted by Gasteiger charge is -2.05. The summed E-state index contributed by atoms with van der Waals surface area (Å²) in [5, 5.41) is 13.5. The van der Waals surface area contributed by atoms with Crippen molar-refractivity contribution in [1.82, 2.24) is 4.98 Å². The summed E-state index contributed by atoms with van der Waals surface area (Å²) in [5.41, 5.74) is -0.886. The number of halogens is 2. The Morgan fingerprint density at radius 2 is 2.10 bits per heavy atom. The van der Waals surface area contributed by atoms with Crippen LogP contribution >= 0.6 is 11.6 Å². The summed E-state index contributed by atoms with van der Waals surface area (Å²) in [4.78, 5) is 25.8. The van der Waals surface area contributed by atoms with E-state index in [1.807, 2.05) is 0 Å². The van der Waals surface area contributed by atoms with Crippen molar-refractivity contribution >= 4 is 29.0 Å². The summed E-state index contributed by atoms with van der Waals surface area (Å²) in [6.07, 6.45) is 1.37. The third-order valence-electron chi connectivity index (χ3n) is 2.36. The van der Waals surface area contributed by atoms with Gasteiger partial charge in [-0.25, -0.2) is 9.37 Å². The van der Waals surface area contributed by atoms with E-state index >= 15 is 0 Å². The molecule has 0 spiro atoms. The molecular weight excluding hydrogens is 289 g/mol. The molecule has 20 heavy (non-hydrogen) atoms. The van der Waals surface area contributed by atoms with Crippen molar-refractivity contribution < 1.29 is 14.1 Å². The van der Waals surface area contributed by atoms with Gasteiger partial charge in [0.1, 0.15) is 17.2 Å². The molecule has 2 aromatic rings. The normalized spacial score (nSPS) is 10.1. The van der Waals surface area contributed by atoms with Crippen LogP contribution in [-0.2, 0) is 0 Å². The maximum Gasteiger partial charge on any atom is 0.285 e. The van der Waals surface area contributed by atoms with Gasteiger partial charge in [-0.1, -0.05) is 11.6 Å². The molecular formula is C12H7ClFN3O3. The largest absolute Gasteiger partial charge is 0.306 e. The number of rotatable bonds is 3. The molecule has 0 aliphatic carbocycles. The van der Waals surface area contributed by atoms with Crippen molar-refractivity contribution in [3.8, 4) is 0 Å². The highest BCUT2D eigenvalue weighted by Crippen LogP contribution is 2.21. The van der Waals surface area contributed by atoms with Crippen LogP contribution in [0.25, 0.3) is 0 Å². The monoisotopic (exact) mass is 295 g/mol. The lowest BCUT2D eigenvalue weighted by atomic mass is 10.1. The van der Waals surface area contributed by atoms with Gasteiger partial charge in [0.2, 0.25) is 0 Å². The van der Waals surface area contributed by atoms with Crippen molar-refractivity contribution in [2.75, 3.05) is 5.32 Å². The maximum atomic E-state index is 13.0. The number of carbonyl (C=O) groups is 1. The Hall–Kier alpha value is -2.54. The molecule has 0 bridgehead atoms. The van der Waals surface area contributed by atoms with Gasteiger partial charge in [0.25, 0.3) is 11.6 Å². The van der Waals surface area contributed by atoms with Crippen molar-refractivity contribution in [3.05, 3.63) is 63.0 Å². The van der Waals surface area contributed by atoms with Gasteiger partial charge in [0.15, 0.2) is 0 Å². The molecule has 6 nitrogen and oxygen atoms in total. The van der Waals surface area contributed by atoms with E-state index in [-0.39, 0.29) is 11.4 Å². The molecule has 0 saturated heterocycles. The van der Waals surface area contributed by atoms with Crippen molar-refractivity contribution in [2.24, 2.45) is 0 Å². The molecule has 102 valence electrons. The number of benzene rings is 1. The second-order valence-electron chi connectivity index (χ2n) is 3.73. The molecule has 0 atom stereocenters. The first kappa shape index (κ1) is 13.9. The number of aromatic nitrogens is 1. The molecule has 0 fully saturated rings. The van der Waals surface area contributed by atoms with Crippen LogP contribution in [0.4, 0.5) is 15.9 Å². The van der Waals surface area contributed by atoms with Crippen LogP contribution in [0.15, 0.2) is 36.5 Å². The number of pyridine rings is 1. The van der Waals surface area contributed by atoms with Crippen molar-refractivity contribution in [2.45, 2.75) is 0 Å². The van der Waals surface area contributed by atoms with E-state index in [2.05, 4.69) is 10.3 Å². The minimum Gasteiger partial charge on any atom is -0.306 e. The molecule has 0 unspecified atom stereocenters. The van der Waals surface area contributed by atoms with Crippen molar-refractivity contribution in [3.63, 3.8) is 0 Å². The second kappa shape index (κ2) is 5.62. The fourth-order valence-electron chi connectivity index (χ4n) is 1.50. The highest BCUT2D eigenvalue weighted by Gasteiger charge is 2.21.